The highest BCUT2D eigenvalue weighted by atomic mass is 35.5. The Morgan fingerprint density at radius 2 is 2.00 bits per heavy atom. The number of rotatable bonds is 8. The number of hydrogen-bond donors (Lipinski definition) is 2. The molecule has 0 heterocycles. The zero-order valence-electron chi connectivity index (χ0n) is 9.84. The van der Waals surface area contributed by atoms with E-state index in [0.29, 0.717) is 13.2 Å². The molecule has 0 aliphatic rings. The second kappa shape index (κ2) is 11.8. The van der Waals surface area contributed by atoms with Crippen molar-refractivity contribution in [2.45, 2.75) is 20.3 Å². The number of ether oxygens (including phenoxy) is 1. The van der Waals surface area contributed by atoms with Crippen molar-refractivity contribution < 1.29 is 9.53 Å². The second-order valence-corrected chi connectivity index (χ2v) is 3.40. The standard InChI is InChI=1S/C10H22N2O2.ClH/c1-4-5-11-6-7-12-10(13)9(2)8-14-3;/h9,11H,4-8H2,1-3H3,(H,12,13);1H. The van der Waals surface area contributed by atoms with Crippen LogP contribution in [0.1, 0.15) is 20.3 Å². The molecule has 0 aliphatic carbocycles. The number of amides is 1. The zero-order chi connectivity index (χ0) is 10.8. The predicted molar refractivity (Wildman–Crippen MR) is 64.5 cm³/mol. The lowest BCUT2D eigenvalue weighted by molar-refractivity contribution is -0.125. The lowest BCUT2D eigenvalue weighted by atomic mass is 10.2. The Kier molecular flexibility index (Phi) is 13.4. The summed E-state index contributed by atoms with van der Waals surface area (Å²) < 4.78 is 4.89. The zero-order valence-corrected chi connectivity index (χ0v) is 10.7. The Hall–Kier alpha value is -0.320. The fourth-order valence-electron chi connectivity index (χ4n) is 1.08. The number of carbonyl (C=O) groups excluding carboxylic acids is 1. The lowest BCUT2D eigenvalue weighted by Gasteiger charge is -2.11. The fourth-order valence-corrected chi connectivity index (χ4v) is 1.08. The summed E-state index contributed by atoms with van der Waals surface area (Å²) in [5.41, 5.74) is 0. The van der Waals surface area contributed by atoms with Crippen LogP contribution in [0.2, 0.25) is 0 Å². The highest BCUT2D eigenvalue weighted by Crippen LogP contribution is 1.93. The van der Waals surface area contributed by atoms with Gasteiger partial charge in [0.2, 0.25) is 5.91 Å². The number of halogens is 1. The summed E-state index contributed by atoms with van der Waals surface area (Å²) in [5.74, 6) is -0.00340. The van der Waals surface area contributed by atoms with Crippen molar-refractivity contribution in [3.05, 3.63) is 0 Å². The van der Waals surface area contributed by atoms with Crippen LogP contribution in [0.4, 0.5) is 0 Å². The van der Waals surface area contributed by atoms with Gasteiger partial charge in [-0.1, -0.05) is 13.8 Å². The topological polar surface area (TPSA) is 50.4 Å². The summed E-state index contributed by atoms with van der Waals surface area (Å²) in [5, 5.41) is 6.06. The van der Waals surface area contributed by atoms with E-state index in [4.69, 9.17) is 4.74 Å². The van der Waals surface area contributed by atoms with Crippen LogP contribution in [-0.4, -0.2) is 39.3 Å². The van der Waals surface area contributed by atoms with Crippen LogP contribution >= 0.6 is 12.4 Å². The summed E-state index contributed by atoms with van der Waals surface area (Å²) in [7, 11) is 1.60. The van der Waals surface area contributed by atoms with Gasteiger partial charge < -0.3 is 15.4 Å². The van der Waals surface area contributed by atoms with Gasteiger partial charge >= 0.3 is 0 Å². The molecule has 5 heteroatoms. The average molecular weight is 239 g/mol. The summed E-state index contributed by atoms with van der Waals surface area (Å²) >= 11 is 0. The molecule has 0 spiro atoms. The van der Waals surface area contributed by atoms with Crippen LogP contribution in [0, 0.1) is 5.92 Å². The lowest BCUT2D eigenvalue weighted by Crippen LogP contribution is -2.36. The number of methoxy groups -OCH3 is 1. The number of carbonyl (C=O) groups is 1. The third kappa shape index (κ3) is 9.97. The first kappa shape index (κ1) is 17.1. The maximum atomic E-state index is 11.3. The van der Waals surface area contributed by atoms with Crippen molar-refractivity contribution in [2.24, 2.45) is 5.92 Å². The monoisotopic (exact) mass is 238 g/mol. The molecule has 0 aromatic heterocycles. The molecular weight excluding hydrogens is 216 g/mol. The van der Waals surface area contributed by atoms with Crippen LogP contribution in [0.5, 0.6) is 0 Å². The number of hydrogen-bond acceptors (Lipinski definition) is 3. The van der Waals surface area contributed by atoms with Crippen molar-refractivity contribution in [2.75, 3.05) is 33.4 Å². The average Bonchev–Trinajstić information content (AvgIpc) is 2.17. The van der Waals surface area contributed by atoms with Crippen molar-refractivity contribution >= 4 is 18.3 Å². The van der Waals surface area contributed by atoms with Crippen LogP contribution in [-0.2, 0) is 9.53 Å². The van der Waals surface area contributed by atoms with E-state index in [0.717, 1.165) is 19.5 Å². The second-order valence-electron chi connectivity index (χ2n) is 3.40. The Labute approximate surface area is 98.6 Å². The first-order chi connectivity index (χ1) is 6.72. The first-order valence-corrected chi connectivity index (χ1v) is 5.19. The molecule has 0 fully saturated rings. The third-order valence-electron chi connectivity index (χ3n) is 1.89. The molecule has 0 saturated heterocycles. The van der Waals surface area contributed by atoms with Gasteiger partial charge in [0.25, 0.3) is 0 Å². The molecule has 0 aromatic carbocycles. The minimum atomic E-state index is -0.0637. The highest BCUT2D eigenvalue weighted by molar-refractivity contribution is 5.85. The van der Waals surface area contributed by atoms with Crippen LogP contribution in [0.25, 0.3) is 0 Å². The predicted octanol–water partition coefficient (Wildman–Crippen LogP) is 0.806. The van der Waals surface area contributed by atoms with Gasteiger partial charge in [-0.05, 0) is 13.0 Å². The summed E-state index contributed by atoms with van der Waals surface area (Å²) in [6.45, 7) is 6.98. The molecule has 0 radical (unpaired) electrons. The Morgan fingerprint density at radius 1 is 1.33 bits per heavy atom. The molecule has 0 saturated carbocycles. The van der Waals surface area contributed by atoms with Crippen molar-refractivity contribution in [1.29, 1.82) is 0 Å². The van der Waals surface area contributed by atoms with Crippen LogP contribution in [0.3, 0.4) is 0 Å². The van der Waals surface area contributed by atoms with Crippen molar-refractivity contribution in [3.8, 4) is 0 Å². The minimum absolute atomic E-state index is 0. The van der Waals surface area contributed by atoms with Crippen molar-refractivity contribution in [1.82, 2.24) is 10.6 Å². The summed E-state index contributed by atoms with van der Waals surface area (Å²) in [6, 6.07) is 0. The molecule has 0 aromatic rings. The maximum Gasteiger partial charge on any atom is 0.225 e. The van der Waals surface area contributed by atoms with Gasteiger partial charge in [-0.25, -0.2) is 0 Å². The van der Waals surface area contributed by atoms with Gasteiger partial charge in [0.15, 0.2) is 0 Å². The van der Waals surface area contributed by atoms with E-state index in [2.05, 4.69) is 17.6 Å². The maximum absolute atomic E-state index is 11.3. The van der Waals surface area contributed by atoms with E-state index in [1.807, 2.05) is 6.92 Å². The van der Waals surface area contributed by atoms with E-state index in [9.17, 15) is 4.79 Å². The minimum Gasteiger partial charge on any atom is -0.384 e. The normalized spacial score (nSPS) is 11.7. The third-order valence-corrected chi connectivity index (χ3v) is 1.89. The van der Waals surface area contributed by atoms with Gasteiger partial charge in [-0.15, -0.1) is 12.4 Å². The Bertz CT molecular complexity index is 156. The molecule has 1 amide bonds. The van der Waals surface area contributed by atoms with E-state index in [1.54, 1.807) is 7.11 Å². The molecule has 92 valence electrons. The smallest absolute Gasteiger partial charge is 0.225 e. The van der Waals surface area contributed by atoms with Gasteiger partial charge in [0.05, 0.1) is 12.5 Å². The van der Waals surface area contributed by atoms with Gasteiger partial charge in [-0.3, -0.25) is 4.79 Å². The van der Waals surface area contributed by atoms with Gasteiger partial charge in [-0.2, -0.15) is 0 Å². The Balaban J connectivity index is 0. The quantitative estimate of drug-likeness (QED) is 0.616. The van der Waals surface area contributed by atoms with E-state index in [-0.39, 0.29) is 24.2 Å². The molecule has 0 aliphatic heterocycles. The van der Waals surface area contributed by atoms with E-state index in [1.165, 1.54) is 0 Å². The van der Waals surface area contributed by atoms with Crippen LogP contribution in [0.15, 0.2) is 0 Å². The fraction of sp³-hybridized carbons (Fsp3) is 0.900. The molecule has 15 heavy (non-hydrogen) atoms. The SMILES string of the molecule is CCCNCCNC(=O)C(C)COC.Cl. The van der Waals surface area contributed by atoms with E-state index >= 15 is 0 Å². The molecule has 4 nitrogen and oxygen atoms in total. The van der Waals surface area contributed by atoms with Crippen LogP contribution < -0.4 is 10.6 Å². The largest absolute Gasteiger partial charge is 0.384 e. The molecular formula is C10H23ClN2O2. The van der Waals surface area contributed by atoms with E-state index < -0.39 is 0 Å². The highest BCUT2D eigenvalue weighted by Gasteiger charge is 2.10. The molecule has 0 bridgehead atoms. The van der Waals surface area contributed by atoms with Gasteiger partial charge in [0, 0.05) is 20.2 Å². The van der Waals surface area contributed by atoms with Gasteiger partial charge in [0.1, 0.15) is 0 Å². The molecule has 1 unspecified atom stereocenters. The summed E-state index contributed by atoms with van der Waals surface area (Å²) in [4.78, 5) is 11.3. The van der Waals surface area contributed by atoms with Crippen molar-refractivity contribution in [3.63, 3.8) is 0 Å². The molecule has 2 N–H and O–H groups in total. The number of nitrogens with one attached hydrogen (secondary N) is 2. The molecule has 0 rings (SSSR count). The first-order valence-electron chi connectivity index (χ1n) is 5.19. The summed E-state index contributed by atoms with van der Waals surface area (Å²) in [6.07, 6.45) is 1.12. The molecule has 1 atom stereocenters. The Morgan fingerprint density at radius 3 is 2.53 bits per heavy atom.